The average Bonchev–Trinajstić information content (AvgIpc) is 2.96. The molecular weight excluding hydrogens is 276 g/mol. The van der Waals surface area contributed by atoms with Crippen LogP contribution < -0.4 is 5.73 Å². The molecule has 1 atom stereocenters. The van der Waals surface area contributed by atoms with Crippen LogP contribution in [0.3, 0.4) is 0 Å². The van der Waals surface area contributed by atoms with Crippen LogP contribution in [-0.2, 0) is 6.54 Å². The number of carbonyl (C=O) groups is 1. The second-order valence-corrected chi connectivity index (χ2v) is 6.58. The average molecular weight is 302 g/mol. The molecular formula is C17H26N4O. The van der Waals surface area contributed by atoms with Crippen molar-refractivity contribution in [2.24, 2.45) is 5.73 Å². The highest BCUT2D eigenvalue weighted by Crippen LogP contribution is 2.15. The molecule has 2 fully saturated rings. The number of likely N-dealkylation sites (N-methyl/N-ethyl adjacent to an activating group) is 1. The molecule has 2 heterocycles. The monoisotopic (exact) mass is 302 g/mol. The zero-order chi connectivity index (χ0) is 15.5. The maximum Gasteiger partial charge on any atom is 0.253 e. The van der Waals surface area contributed by atoms with Gasteiger partial charge in [0.25, 0.3) is 5.91 Å². The third-order valence-corrected chi connectivity index (χ3v) is 4.69. The number of benzene rings is 1. The molecule has 2 aliphatic heterocycles. The summed E-state index contributed by atoms with van der Waals surface area (Å²) in [6, 6.07) is 8.21. The van der Waals surface area contributed by atoms with E-state index in [0.717, 1.165) is 51.3 Å². The van der Waals surface area contributed by atoms with E-state index in [4.69, 9.17) is 5.73 Å². The van der Waals surface area contributed by atoms with Crippen molar-refractivity contribution in [2.75, 3.05) is 46.3 Å². The topological polar surface area (TPSA) is 52.8 Å². The summed E-state index contributed by atoms with van der Waals surface area (Å²) in [4.78, 5) is 19.2. The molecule has 2 saturated heterocycles. The Morgan fingerprint density at radius 2 is 2.00 bits per heavy atom. The van der Waals surface area contributed by atoms with Crippen LogP contribution in [0.1, 0.15) is 22.3 Å². The van der Waals surface area contributed by atoms with Gasteiger partial charge in [-0.15, -0.1) is 0 Å². The minimum absolute atomic E-state index is 0.119. The first kappa shape index (κ1) is 15.5. The van der Waals surface area contributed by atoms with Gasteiger partial charge in [-0.05, 0) is 31.2 Å². The zero-order valence-electron chi connectivity index (χ0n) is 13.4. The fourth-order valence-electron chi connectivity index (χ4n) is 3.22. The van der Waals surface area contributed by atoms with E-state index in [1.165, 1.54) is 5.56 Å². The maximum absolute atomic E-state index is 12.5. The van der Waals surface area contributed by atoms with Crippen molar-refractivity contribution < 1.29 is 4.79 Å². The minimum Gasteiger partial charge on any atom is -0.337 e. The molecule has 5 heteroatoms. The molecule has 3 rings (SSSR count). The summed E-state index contributed by atoms with van der Waals surface area (Å²) in [7, 11) is 2.16. The summed E-state index contributed by atoms with van der Waals surface area (Å²) in [5.41, 5.74) is 7.91. The first-order valence-corrected chi connectivity index (χ1v) is 8.16. The maximum atomic E-state index is 12.5. The number of hydrogen-bond acceptors (Lipinski definition) is 4. The van der Waals surface area contributed by atoms with Crippen molar-refractivity contribution >= 4 is 5.91 Å². The number of piperazine rings is 1. The van der Waals surface area contributed by atoms with Gasteiger partial charge in [0.15, 0.2) is 0 Å². The first-order chi connectivity index (χ1) is 10.6. The van der Waals surface area contributed by atoms with E-state index in [1.54, 1.807) is 0 Å². The van der Waals surface area contributed by atoms with Crippen molar-refractivity contribution in [3.63, 3.8) is 0 Å². The number of nitrogens with two attached hydrogens (primary N) is 1. The van der Waals surface area contributed by atoms with Crippen LogP contribution in [0, 0.1) is 0 Å². The van der Waals surface area contributed by atoms with Crippen LogP contribution in [0.25, 0.3) is 0 Å². The smallest absolute Gasteiger partial charge is 0.253 e. The molecule has 1 aromatic carbocycles. The quantitative estimate of drug-likeness (QED) is 0.889. The van der Waals surface area contributed by atoms with Crippen LogP contribution in [0.15, 0.2) is 24.3 Å². The van der Waals surface area contributed by atoms with Gasteiger partial charge in [-0.2, -0.15) is 0 Å². The highest BCUT2D eigenvalue weighted by atomic mass is 16.2. The standard InChI is InChI=1S/C17H26N4O/c1-19-7-9-20(10-8-19)12-14-3-2-4-15(11-14)17(22)21-6-5-16(18)13-21/h2-4,11,16H,5-10,12-13,18H2,1H3/t16-/m1/s1. The van der Waals surface area contributed by atoms with Crippen LogP contribution in [-0.4, -0.2) is 73.0 Å². The lowest BCUT2D eigenvalue weighted by Gasteiger charge is -2.32. The molecule has 0 bridgehead atoms. The highest BCUT2D eigenvalue weighted by Gasteiger charge is 2.24. The van der Waals surface area contributed by atoms with Crippen molar-refractivity contribution in [2.45, 2.75) is 19.0 Å². The fraction of sp³-hybridized carbons (Fsp3) is 0.588. The number of rotatable bonds is 3. The molecule has 5 nitrogen and oxygen atoms in total. The van der Waals surface area contributed by atoms with Crippen molar-refractivity contribution in [3.8, 4) is 0 Å². The number of carbonyl (C=O) groups excluding carboxylic acids is 1. The second-order valence-electron chi connectivity index (χ2n) is 6.58. The van der Waals surface area contributed by atoms with Crippen molar-refractivity contribution in [3.05, 3.63) is 35.4 Å². The van der Waals surface area contributed by atoms with Gasteiger partial charge in [-0.1, -0.05) is 12.1 Å². The highest BCUT2D eigenvalue weighted by molar-refractivity contribution is 5.94. The Labute approximate surface area is 132 Å². The SMILES string of the molecule is CN1CCN(Cc2cccc(C(=O)N3CC[C@@H](N)C3)c2)CC1. The Morgan fingerprint density at radius 1 is 1.23 bits per heavy atom. The Hall–Kier alpha value is -1.43. The summed E-state index contributed by atoms with van der Waals surface area (Å²) in [5, 5.41) is 0. The Morgan fingerprint density at radius 3 is 2.68 bits per heavy atom. The van der Waals surface area contributed by atoms with Crippen LogP contribution in [0.5, 0.6) is 0 Å². The van der Waals surface area contributed by atoms with E-state index in [1.807, 2.05) is 23.1 Å². The lowest BCUT2D eigenvalue weighted by molar-refractivity contribution is 0.0790. The number of hydrogen-bond donors (Lipinski definition) is 1. The summed E-state index contributed by atoms with van der Waals surface area (Å²) in [6.45, 7) is 6.80. The van der Waals surface area contributed by atoms with Gasteiger partial charge in [-0.3, -0.25) is 9.69 Å². The van der Waals surface area contributed by atoms with E-state index >= 15 is 0 Å². The van der Waals surface area contributed by atoms with Crippen molar-refractivity contribution in [1.82, 2.24) is 14.7 Å². The van der Waals surface area contributed by atoms with Gasteiger partial charge in [0.2, 0.25) is 0 Å². The molecule has 1 amide bonds. The van der Waals surface area contributed by atoms with Gasteiger partial charge in [-0.25, -0.2) is 0 Å². The van der Waals surface area contributed by atoms with Gasteiger partial charge in [0, 0.05) is 57.4 Å². The van der Waals surface area contributed by atoms with Crippen LogP contribution >= 0.6 is 0 Å². The predicted molar refractivity (Wildman–Crippen MR) is 87.7 cm³/mol. The molecule has 2 aliphatic rings. The molecule has 0 unspecified atom stereocenters. The summed E-state index contributed by atoms with van der Waals surface area (Å²) < 4.78 is 0. The Balaban J connectivity index is 1.63. The number of amides is 1. The Bertz CT molecular complexity index is 525. The van der Waals surface area contributed by atoms with Crippen LogP contribution in [0.4, 0.5) is 0 Å². The normalized spacial score (nSPS) is 23.9. The molecule has 120 valence electrons. The number of nitrogens with zero attached hydrogens (tertiary/aromatic N) is 3. The minimum atomic E-state index is 0.119. The second kappa shape index (κ2) is 6.77. The number of likely N-dealkylation sites (tertiary alicyclic amines) is 1. The summed E-state index contributed by atoms with van der Waals surface area (Å²) >= 11 is 0. The fourth-order valence-corrected chi connectivity index (χ4v) is 3.22. The van der Waals surface area contributed by atoms with Gasteiger partial charge in [0.05, 0.1) is 0 Å². The lowest BCUT2D eigenvalue weighted by Crippen LogP contribution is -2.43. The van der Waals surface area contributed by atoms with E-state index in [9.17, 15) is 4.79 Å². The molecule has 22 heavy (non-hydrogen) atoms. The molecule has 1 aromatic rings. The summed E-state index contributed by atoms with van der Waals surface area (Å²) in [6.07, 6.45) is 0.909. The molecule has 2 N–H and O–H groups in total. The van der Waals surface area contributed by atoms with Crippen LogP contribution in [0.2, 0.25) is 0 Å². The predicted octanol–water partition coefficient (Wildman–Crippen LogP) is 0.607. The first-order valence-electron chi connectivity index (χ1n) is 8.16. The summed E-state index contributed by atoms with van der Waals surface area (Å²) in [5.74, 6) is 0.119. The Kier molecular flexibility index (Phi) is 4.76. The van der Waals surface area contributed by atoms with E-state index in [-0.39, 0.29) is 11.9 Å². The molecule has 0 saturated carbocycles. The third kappa shape index (κ3) is 3.66. The van der Waals surface area contributed by atoms with E-state index in [2.05, 4.69) is 22.9 Å². The van der Waals surface area contributed by atoms with E-state index < -0.39 is 0 Å². The van der Waals surface area contributed by atoms with Gasteiger partial charge >= 0.3 is 0 Å². The largest absolute Gasteiger partial charge is 0.337 e. The van der Waals surface area contributed by atoms with Gasteiger partial charge < -0.3 is 15.5 Å². The lowest BCUT2D eigenvalue weighted by atomic mass is 10.1. The zero-order valence-corrected chi connectivity index (χ0v) is 13.4. The molecule has 0 aliphatic carbocycles. The van der Waals surface area contributed by atoms with E-state index in [0.29, 0.717) is 6.54 Å². The van der Waals surface area contributed by atoms with Gasteiger partial charge in [0.1, 0.15) is 0 Å². The third-order valence-electron chi connectivity index (χ3n) is 4.69. The molecule has 0 radical (unpaired) electrons. The molecule has 0 spiro atoms. The molecule has 0 aromatic heterocycles. The van der Waals surface area contributed by atoms with Crippen molar-refractivity contribution in [1.29, 1.82) is 0 Å².